The number of nitrogens with zero attached hydrogens (tertiary/aromatic N) is 4. The maximum atomic E-state index is 10.3. The lowest BCUT2D eigenvalue weighted by Crippen LogP contribution is -2.51. The molecular formula is C41H62N4O4. The Morgan fingerprint density at radius 2 is 0.980 bits per heavy atom. The topological polar surface area (TPSA) is 83.6 Å². The molecule has 0 aromatic carbocycles. The highest BCUT2D eigenvalue weighted by atomic mass is 16.5. The molecule has 0 unspecified atom stereocenters. The van der Waals surface area contributed by atoms with Crippen LogP contribution in [-0.2, 0) is 22.7 Å². The molecule has 10 saturated carbocycles. The van der Waals surface area contributed by atoms with Crippen LogP contribution >= 0.6 is 0 Å². The van der Waals surface area contributed by atoms with Crippen molar-refractivity contribution in [1.29, 1.82) is 0 Å². The van der Waals surface area contributed by atoms with Crippen LogP contribution in [0.4, 0.5) is 0 Å². The molecule has 8 bridgehead atoms. The predicted octanol–water partition coefficient (Wildman–Crippen LogP) is 9.46. The highest BCUT2D eigenvalue weighted by Gasteiger charge is 2.53. The number of aromatic nitrogens is 4. The molecule has 2 aromatic heterocycles. The summed E-state index contributed by atoms with van der Waals surface area (Å²) in [6, 6.07) is 4.83. The van der Waals surface area contributed by atoms with E-state index in [1.54, 1.807) is 7.11 Å². The molecule has 12 rings (SSSR count). The minimum atomic E-state index is 0.124. The Morgan fingerprint density at radius 3 is 1.41 bits per heavy atom. The van der Waals surface area contributed by atoms with Crippen molar-refractivity contribution in [3.63, 3.8) is 0 Å². The Labute approximate surface area is 294 Å². The third kappa shape index (κ3) is 6.83. The zero-order chi connectivity index (χ0) is 33.0. The summed E-state index contributed by atoms with van der Waals surface area (Å²) in [5, 5.41) is 19.9. The number of hydrogen-bond donors (Lipinski definition) is 1. The fraction of sp³-hybridized carbons (Fsp3) is 0.854. The fourth-order valence-electron chi connectivity index (χ4n) is 13.2. The molecule has 270 valence electrons. The Morgan fingerprint density at radius 1 is 0.592 bits per heavy atom. The zero-order valence-electron chi connectivity index (χ0n) is 30.2. The highest BCUT2D eigenvalue weighted by Crippen LogP contribution is 2.58. The van der Waals surface area contributed by atoms with Crippen LogP contribution in [0.3, 0.4) is 0 Å². The van der Waals surface area contributed by atoms with Gasteiger partial charge in [-0.3, -0.25) is 0 Å². The van der Waals surface area contributed by atoms with E-state index in [2.05, 4.69) is 10.7 Å². The van der Waals surface area contributed by atoms with E-state index in [1.165, 1.54) is 128 Å². The lowest BCUT2D eigenvalue weighted by Gasteiger charge is -2.56. The first kappa shape index (κ1) is 32.8. The van der Waals surface area contributed by atoms with Crippen LogP contribution in [0.15, 0.2) is 12.1 Å². The summed E-state index contributed by atoms with van der Waals surface area (Å²) in [6.45, 7) is 1.22. The van der Waals surface area contributed by atoms with Crippen molar-refractivity contribution >= 4 is 0 Å². The molecule has 0 atom stereocenters. The van der Waals surface area contributed by atoms with Gasteiger partial charge in [-0.25, -0.2) is 9.36 Å². The van der Waals surface area contributed by atoms with Crippen molar-refractivity contribution in [1.82, 2.24) is 19.6 Å². The second-order valence-corrected chi connectivity index (χ2v) is 18.4. The van der Waals surface area contributed by atoms with Gasteiger partial charge in [0.25, 0.3) is 0 Å². The zero-order valence-corrected chi connectivity index (χ0v) is 30.2. The average Bonchev–Trinajstić information content (AvgIpc) is 3.69. The molecule has 2 heterocycles. The Kier molecular flexibility index (Phi) is 9.03. The predicted molar refractivity (Wildman–Crippen MR) is 188 cm³/mol. The second kappa shape index (κ2) is 13.5. The van der Waals surface area contributed by atoms with E-state index in [-0.39, 0.29) is 11.2 Å². The van der Waals surface area contributed by atoms with E-state index in [4.69, 9.17) is 24.4 Å². The van der Waals surface area contributed by atoms with Gasteiger partial charge in [-0.2, -0.15) is 10.2 Å². The number of ether oxygens (including phenoxy) is 3. The third-order valence-corrected chi connectivity index (χ3v) is 14.6. The molecular weight excluding hydrogens is 612 g/mol. The first-order valence-electron chi connectivity index (χ1n) is 20.6. The van der Waals surface area contributed by atoms with Gasteiger partial charge < -0.3 is 19.3 Å². The summed E-state index contributed by atoms with van der Waals surface area (Å²) in [7, 11) is 1.76. The summed E-state index contributed by atoms with van der Waals surface area (Å²) in [5.74, 6) is 6.75. The van der Waals surface area contributed by atoms with Crippen molar-refractivity contribution in [3.8, 4) is 11.8 Å². The lowest BCUT2D eigenvalue weighted by atomic mass is 9.54. The van der Waals surface area contributed by atoms with Gasteiger partial charge in [-0.15, -0.1) is 0 Å². The largest absolute Gasteiger partial charge is 0.493 e. The molecule has 0 aliphatic heterocycles. The molecule has 10 aliphatic rings. The molecule has 2 aromatic rings. The fourth-order valence-corrected chi connectivity index (χ4v) is 13.2. The van der Waals surface area contributed by atoms with Crippen molar-refractivity contribution in [3.05, 3.63) is 23.5 Å². The van der Waals surface area contributed by atoms with Crippen LogP contribution in [0.1, 0.15) is 165 Å². The quantitative estimate of drug-likeness (QED) is 0.285. The molecule has 1 N–H and O–H groups in total. The maximum Gasteiger partial charge on any atom is 0.212 e. The Balaban J connectivity index is 0.000000133. The molecule has 0 radical (unpaired) electrons. The van der Waals surface area contributed by atoms with Gasteiger partial charge in [0, 0.05) is 12.1 Å². The molecule has 10 aliphatic carbocycles. The van der Waals surface area contributed by atoms with Crippen LogP contribution in [0.5, 0.6) is 11.8 Å². The Bertz CT molecular complexity index is 1360. The van der Waals surface area contributed by atoms with E-state index in [9.17, 15) is 5.11 Å². The van der Waals surface area contributed by atoms with E-state index < -0.39 is 0 Å². The van der Waals surface area contributed by atoms with Crippen LogP contribution in [0.25, 0.3) is 0 Å². The van der Waals surface area contributed by atoms with Gasteiger partial charge in [0.05, 0.1) is 55.0 Å². The first-order valence-corrected chi connectivity index (χ1v) is 20.6. The minimum absolute atomic E-state index is 0.124. The SMILES string of the molecule is COc1cc(COC23CC4CC(CC(C4)C2)C3)nn1C1CCCCC1.Oc1cc(COC23CC4CC(CC(C4)C2)C3)nn1C1CCCCC1. The summed E-state index contributed by atoms with van der Waals surface area (Å²) in [6.07, 6.45) is 28.9. The first-order chi connectivity index (χ1) is 23.9. The summed E-state index contributed by atoms with van der Waals surface area (Å²) < 4.78 is 22.7. The van der Waals surface area contributed by atoms with Gasteiger partial charge in [0.15, 0.2) is 0 Å². The maximum absolute atomic E-state index is 10.3. The number of rotatable bonds is 9. The van der Waals surface area contributed by atoms with Crippen LogP contribution in [0, 0.1) is 35.5 Å². The standard InChI is InChI=1S/C21H32N2O2.C20H30N2O2/c1-24-20-10-18(22-23(20)19-5-3-2-4-6-19)14-25-21-11-15-7-16(12-21)9-17(8-15)13-21;23-19-9-17(21-22(19)18-4-2-1-3-5-18)13-24-20-10-14-6-15(11-20)8-16(7-14)12-20/h10,15-17,19H,2-9,11-14H2,1H3;9,14-16,18,23H,1-8,10-13H2. The van der Waals surface area contributed by atoms with Gasteiger partial charge in [-0.05, 0) is 138 Å². The van der Waals surface area contributed by atoms with Gasteiger partial charge >= 0.3 is 0 Å². The summed E-state index contributed by atoms with van der Waals surface area (Å²) >= 11 is 0. The summed E-state index contributed by atoms with van der Waals surface area (Å²) in [4.78, 5) is 0. The van der Waals surface area contributed by atoms with Gasteiger partial charge in [0.2, 0.25) is 11.8 Å². The van der Waals surface area contributed by atoms with Gasteiger partial charge in [-0.1, -0.05) is 38.5 Å². The van der Waals surface area contributed by atoms with Crippen molar-refractivity contribution in [2.45, 2.75) is 178 Å². The lowest BCUT2D eigenvalue weighted by molar-refractivity contribution is -0.169. The van der Waals surface area contributed by atoms with E-state index in [0.717, 1.165) is 65.6 Å². The van der Waals surface area contributed by atoms with Crippen molar-refractivity contribution in [2.75, 3.05) is 7.11 Å². The number of methoxy groups -OCH3 is 1. The monoisotopic (exact) mass is 674 g/mol. The molecule has 8 heteroatoms. The van der Waals surface area contributed by atoms with Crippen molar-refractivity contribution < 1.29 is 19.3 Å². The summed E-state index contributed by atoms with van der Waals surface area (Å²) in [5.41, 5.74) is 2.25. The smallest absolute Gasteiger partial charge is 0.212 e. The molecule has 0 amide bonds. The van der Waals surface area contributed by atoms with Crippen LogP contribution < -0.4 is 4.74 Å². The van der Waals surface area contributed by atoms with E-state index in [1.807, 2.05) is 10.7 Å². The third-order valence-electron chi connectivity index (χ3n) is 14.6. The normalized spacial score (nSPS) is 38.1. The Hall–Kier alpha value is -2.06. The van der Waals surface area contributed by atoms with E-state index >= 15 is 0 Å². The molecule has 0 spiro atoms. The minimum Gasteiger partial charge on any atom is -0.493 e. The number of aromatic hydroxyl groups is 1. The van der Waals surface area contributed by atoms with Crippen molar-refractivity contribution in [2.24, 2.45) is 35.5 Å². The average molecular weight is 675 g/mol. The number of hydrogen-bond acceptors (Lipinski definition) is 6. The van der Waals surface area contributed by atoms with Gasteiger partial charge in [0.1, 0.15) is 0 Å². The second-order valence-electron chi connectivity index (χ2n) is 18.4. The molecule has 0 saturated heterocycles. The van der Waals surface area contributed by atoms with Crippen LogP contribution in [0.2, 0.25) is 0 Å². The molecule has 49 heavy (non-hydrogen) atoms. The van der Waals surface area contributed by atoms with E-state index in [0.29, 0.717) is 31.2 Å². The van der Waals surface area contributed by atoms with Crippen LogP contribution in [-0.4, -0.2) is 43.0 Å². The molecule has 10 fully saturated rings. The molecule has 8 nitrogen and oxygen atoms in total. The highest BCUT2D eigenvalue weighted by molar-refractivity contribution is 5.18.